The molecule has 1 saturated carbocycles. The Balaban J connectivity index is 0.000000288. The number of hydrogen-bond acceptors (Lipinski definition) is 3. The molecular formula is C29H48O3. The van der Waals surface area contributed by atoms with Crippen LogP contribution in [-0.2, 0) is 20.7 Å². The first-order chi connectivity index (χ1) is 15.4. The summed E-state index contributed by atoms with van der Waals surface area (Å²) in [5.74, 6) is 2.59. The fraction of sp³-hybridized carbons (Fsp3) is 0.724. The Morgan fingerprint density at radius 1 is 0.969 bits per heavy atom. The van der Waals surface area contributed by atoms with E-state index in [1.807, 2.05) is 13.8 Å². The molecule has 0 aromatic heterocycles. The predicted molar refractivity (Wildman–Crippen MR) is 135 cm³/mol. The third kappa shape index (κ3) is 12.5. The lowest BCUT2D eigenvalue weighted by Crippen LogP contribution is -2.15. The van der Waals surface area contributed by atoms with E-state index in [9.17, 15) is 9.59 Å². The molecule has 32 heavy (non-hydrogen) atoms. The molecule has 3 nitrogen and oxygen atoms in total. The highest BCUT2D eigenvalue weighted by Gasteiger charge is 2.18. The van der Waals surface area contributed by atoms with Crippen molar-refractivity contribution in [2.75, 3.05) is 13.2 Å². The van der Waals surface area contributed by atoms with Gasteiger partial charge in [-0.15, -0.1) is 0 Å². The lowest BCUT2D eigenvalue weighted by molar-refractivity contribution is -0.120. The minimum Gasteiger partial charge on any atom is -0.381 e. The van der Waals surface area contributed by atoms with Gasteiger partial charge < -0.3 is 9.53 Å². The van der Waals surface area contributed by atoms with Crippen molar-refractivity contribution in [3.05, 3.63) is 35.4 Å². The molecule has 0 spiro atoms. The van der Waals surface area contributed by atoms with E-state index in [2.05, 4.69) is 31.2 Å². The van der Waals surface area contributed by atoms with Gasteiger partial charge in [-0.1, -0.05) is 77.1 Å². The van der Waals surface area contributed by atoms with Gasteiger partial charge in [0, 0.05) is 25.6 Å². The number of benzene rings is 1. The van der Waals surface area contributed by atoms with Gasteiger partial charge in [0.05, 0.1) is 0 Å². The molecule has 0 radical (unpaired) electrons. The normalized spacial score (nSPS) is 17.2. The molecule has 1 unspecified atom stereocenters. The third-order valence-electron chi connectivity index (χ3n) is 6.86. The largest absolute Gasteiger partial charge is 0.381 e. The molecule has 1 aliphatic carbocycles. The van der Waals surface area contributed by atoms with Crippen LogP contribution in [-0.4, -0.2) is 24.8 Å². The summed E-state index contributed by atoms with van der Waals surface area (Å²) in [6.45, 7) is 11.3. The Kier molecular flexibility index (Phi) is 15.2. The number of carbonyl (C=O) groups is 2. The second kappa shape index (κ2) is 17.1. The molecule has 0 N–H and O–H groups in total. The van der Waals surface area contributed by atoms with E-state index < -0.39 is 0 Å². The summed E-state index contributed by atoms with van der Waals surface area (Å²) in [6, 6.07) is 9.40. The molecule has 1 saturated heterocycles. The van der Waals surface area contributed by atoms with Crippen molar-refractivity contribution in [1.82, 2.24) is 0 Å². The minimum absolute atomic E-state index is 0.264. The smallest absolute Gasteiger partial charge is 0.132 e. The van der Waals surface area contributed by atoms with Crippen LogP contribution in [0, 0.1) is 11.8 Å². The van der Waals surface area contributed by atoms with Gasteiger partial charge in [0.2, 0.25) is 0 Å². The van der Waals surface area contributed by atoms with Gasteiger partial charge in [0.1, 0.15) is 11.6 Å². The summed E-state index contributed by atoms with van der Waals surface area (Å²) in [4.78, 5) is 20.7. The first-order valence-corrected chi connectivity index (χ1v) is 13.0. The van der Waals surface area contributed by atoms with E-state index in [1.165, 1.54) is 62.5 Å². The first-order valence-electron chi connectivity index (χ1n) is 13.0. The van der Waals surface area contributed by atoms with Crippen LogP contribution in [0.2, 0.25) is 0 Å². The second-order valence-corrected chi connectivity index (χ2v) is 9.71. The zero-order chi connectivity index (χ0) is 23.8. The van der Waals surface area contributed by atoms with Crippen molar-refractivity contribution >= 4 is 11.6 Å². The van der Waals surface area contributed by atoms with Crippen LogP contribution >= 0.6 is 0 Å². The van der Waals surface area contributed by atoms with Gasteiger partial charge in [-0.3, -0.25) is 4.79 Å². The molecule has 1 atom stereocenters. The highest BCUT2D eigenvalue weighted by molar-refractivity contribution is 5.77. The zero-order valence-electron chi connectivity index (χ0n) is 21.5. The van der Waals surface area contributed by atoms with Gasteiger partial charge in [-0.2, -0.15) is 0 Å². The van der Waals surface area contributed by atoms with Crippen molar-refractivity contribution in [1.29, 1.82) is 0 Å². The number of carbonyl (C=O) groups excluding carboxylic acids is 2. The Labute approximate surface area is 197 Å². The van der Waals surface area contributed by atoms with E-state index in [0.29, 0.717) is 11.6 Å². The predicted octanol–water partition coefficient (Wildman–Crippen LogP) is 7.70. The van der Waals surface area contributed by atoms with E-state index in [4.69, 9.17) is 4.74 Å². The molecule has 0 amide bonds. The summed E-state index contributed by atoms with van der Waals surface area (Å²) in [5.41, 5.74) is 3.05. The van der Waals surface area contributed by atoms with Crippen LogP contribution in [0.15, 0.2) is 24.3 Å². The minimum atomic E-state index is 0.264. The van der Waals surface area contributed by atoms with Gasteiger partial charge in [0.15, 0.2) is 0 Å². The first kappa shape index (κ1) is 28.6. The fourth-order valence-electron chi connectivity index (χ4n) is 3.90. The van der Waals surface area contributed by atoms with Gasteiger partial charge in [-0.05, 0) is 68.9 Å². The third-order valence-corrected chi connectivity index (χ3v) is 6.86. The molecule has 3 heteroatoms. The van der Waals surface area contributed by atoms with Gasteiger partial charge in [-0.25, -0.2) is 0 Å². The van der Waals surface area contributed by atoms with Gasteiger partial charge >= 0.3 is 0 Å². The zero-order valence-corrected chi connectivity index (χ0v) is 21.5. The van der Waals surface area contributed by atoms with Crippen LogP contribution in [0.25, 0.3) is 0 Å². The highest BCUT2D eigenvalue weighted by Crippen LogP contribution is 2.31. The number of hydrogen-bond donors (Lipinski definition) is 0. The van der Waals surface area contributed by atoms with Crippen molar-refractivity contribution in [3.8, 4) is 0 Å². The summed E-state index contributed by atoms with van der Waals surface area (Å²) >= 11 is 0. The molecular weight excluding hydrogens is 396 g/mol. The molecule has 1 aromatic rings. The summed E-state index contributed by atoms with van der Waals surface area (Å²) < 4.78 is 5.42. The molecule has 1 heterocycles. The van der Waals surface area contributed by atoms with Crippen molar-refractivity contribution in [3.63, 3.8) is 0 Å². The number of ketones is 2. The average Bonchev–Trinajstić information content (AvgIpc) is 2.77. The molecule has 3 rings (SSSR count). The fourth-order valence-corrected chi connectivity index (χ4v) is 3.90. The summed E-state index contributed by atoms with van der Waals surface area (Å²) in [6.07, 6.45) is 13.2. The maximum absolute atomic E-state index is 10.4. The lowest BCUT2D eigenvalue weighted by Gasteiger charge is -2.26. The van der Waals surface area contributed by atoms with Crippen LogP contribution < -0.4 is 0 Å². The molecule has 2 aliphatic rings. The van der Waals surface area contributed by atoms with Crippen LogP contribution in [0.1, 0.15) is 116 Å². The van der Waals surface area contributed by atoms with Crippen molar-refractivity contribution in [2.45, 2.75) is 111 Å². The Hall–Kier alpha value is -1.48. The van der Waals surface area contributed by atoms with Crippen molar-refractivity contribution in [2.24, 2.45) is 11.8 Å². The lowest BCUT2D eigenvalue weighted by atomic mass is 9.80. The van der Waals surface area contributed by atoms with Crippen LogP contribution in [0.4, 0.5) is 0 Å². The quantitative estimate of drug-likeness (QED) is 0.366. The monoisotopic (exact) mass is 444 g/mol. The highest BCUT2D eigenvalue weighted by atomic mass is 16.5. The SMILES string of the molecule is CCC(C)C(C)=O.CCCCCC(C)=O.c1cc(C2CCOCC2)ccc1CC1CCC1. The topological polar surface area (TPSA) is 43.4 Å². The standard InChI is InChI=1S/C16H22O.C7H14O.C6H12O/c1-2-13(3-1)12-14-4-6-15(7-5-14)16-8-10-17-11-9-16;1-3-4-5-6-7(2)8;1-4-5(2)6(3)7/h4-7,13,16H,1-3,8-12H2;3-6H2,1-2H3;5H,4H2,1-3H3. The molecule has 0 bridgehead atoms. The maximum Gasteiger partial charge on any atom is 0.132 e. The molecule has 1 aromatic carbocycles. The Bertz CT molecular complexity index is 624. The maximum atomic E-state index is 10.4. The van der Waals surface area contributed by atoms with E-state index in [0.717, 1.165) is 44.3 Å². The number of rotatable bonds is 9. The second-order valence-electron chi connectivity index (χ2n) is 9.71. The molecule has 1 aliphatic heterocycles. The van der Waals surface area contributed by atoms with Gasteiger partial charge in [0.25, 0.3) is 0 Å². The number of Topliss-reactive ketones (excluding diaryl/α,β-unsaturated/α-hetero) is 2. The van der Waals surface area contributed by atoms with Crippen LogP contribution in [0.5, 0.6) is 0 Å². The molecule has 182 valence electrons. The summed E-state index contributed by atoms with van der Waals surface area (Å²) in [7, 11) is 0. The molecule has 2 fully saturated rings. The Morgan fingerprint density at radius 2 is 1.59 bits per heavy atom. The van der Waals surface area contributed by atoms with Crippen molar-refractivity contribution < 1.29 is 14.3 Å². The van der Waals surface area contributed by atoms with E-state index in [-0.39, 0.29) is 5.92 Å². The summed E-state index contributed by atoms with van der Waals surface area (Å²) in [5, 5.41) is 0. The van der Waals surface area contributed by atoms with E-state index >= 15 is 0 Å². The number of unbranched alkanes of at least 4 members (excludes halogenated alkanes) is 2. The van der Waals surface area contributed by atoms with Crippen LogP contribution in [0.3, 0.4) is 0 Å². The van der Waals surface area contributed by atoms with E-state index in [1.54, 1.807) is 13.8 Å². The number of ether oxygens (including phenoxy) is 1. The average molecular weight is 445 g/mol. The Morgan fingerprint density at radius 3 is 2.00 bits per heavy atom.